The molecular formula is C13H13N3O4S. The molecule has 110 valence electrons. The minimum absolute atomic E-state index is 0.0425. The van der Waals surface area contributed by atoms with Gasteiger partial charge in [-0.2, -0.15) is 0 Å². The maximum Gasteiger partial charge on any atom is 0.326 e. The van der Waals surface area contributed by atoms with E-state index in [1.54, 1.807) is 23.7 Å². The molecule has 0 fully saturated rings. The van der Waals surface area contributed by atoms with Crippen LogP contribution in [-0.4, -0.2) is 33.9 Å². The number of aromatic nitrogens is 1. The van der Waals surface area contributed by atoms with Crippen LogP contribution in [0.25, 0.3) is 10.2 Å². The number of carbonyl (C=O) groups is 3. The topological polar surface area (TPSA) is 122 Å². The molecule has 0 spiro atoms. The van der Waals surface area contributed by atoms with Crippen LogP contribution in [0.2, 0.25) is 0 Å². The van der Waals surface area contributed by atoms with Crippen LogP contribution in [0.3, 0.4) is 0 Å². The molecule has 0 saturated heterocycles. The maximum atomic E-state index is 12.1. The summed E-state index contributed by atoms with van der Waals surface area (Å²) in [6.07, 6.45) is -0.148. The molecule has 2 rings (SSSR count). The van der Waals surface area contributed by atoms with Gasteiger partial charge in [-0.25, -0.2) is 9.78 Å². The summed E-state index contributed by atoms with van der Waals surface area (Å²) in [4.78, 5) is 37.9. The van der Waals surface area contributed by atoms with E-state index in [0.717, 1.165) is 10.2 Å². The molecule has 0 aliphatic rings. The third-order valence-electron chi connectivity index (χ3n) is 2.88. The Kier molecular flexibility index (Phi) is 4.49. The second-order valence-corrected chi connectivity index (χ2v) is 5.29. The number of nitrogens with zero attached hydrogens (tertiary/aromatic N) is 1. The summed E-state index contributed by atoms with van der Waals surface area (Å²) in [6.45, 7) is 0. The summed E-state index contributed by atoms with van der Waals surface area (Å²) in [6, 6.07) is 3.77. The van der Waals surface area contributed by atoms with Crippen molar-refractivity contribution in [3.63, 3.8) is 0 Å². The molecule has 0 unspecified atom stereocenters. The Bertz CT molecular complexity index is 698. The highest BCUT2D eigenvalue weighted by molar-refractivity contribution is 7.16. The van der Waals surface area contributed by atoms with Gasteiger partial charge in [-0.05, 0) is 24.6 Å². The highest BCUT2D eigenvalue weighted by atomic mass is 32.1. The van der Waals surface area contributed by atoms with Gasteiger partial charge in [0.05, 0.1) is 15.7 Å². The lowest BCUT2D eigenvalue weighted by Crippen LogP contribution is -2.41. The van der Waals surface area contributed by atoms with Crippen molar-refractivity contribution in [2.75, 3.05) is 0 Å². The fraction of sp³-hybridized carbons (Fsp3) is 0.231. The minimum atomic E-state index is -1.21. The van der Waals surface area contributed by atoms with Gasteiger partial charge >= 0.3 is 5.97 Å². The number of hydrogen-bond donors (Lipinski definition) is 3. The SMILES string of the molecule is NC(=O)CC[C@@H](NC(=O)c1ccc2ncsc2c1)C(=O)O. The van der Waals surface area contributed by atoms with Gasteiger partial charge in [0.25, 0.3) is 5.91 Å². The van der Waals surface area contributed by atoms with Crippen molar-refractivity contribution in [3.8, 4) is 0 Å². The first-order valence-corrected chi connectivity index (χ1v) is 7.00. The van der Waals surface area contributed by atoms with Crippen LogP contribution in [0.4, 0.5) is 0 Å². The Labute approximate surface area is 123 Å². The molecule has 0 aliphatic carbocycles. The molecule has 1 aromatic heterocycles. The van der Waals surface area contributed by atoms with Crippen molar-refractivity contribution >= 4 is 39.3 Å². The third-order valence-corrected chi connectivity index (χ3v) is 3.67. The predicted octanol–water partition coefficient (Wildman–Crippen LogP) is 0.745. The van der Waals surface area contributed by atoms with Gasteiger partial charge < -0.3 is 16.2 Å². The number of thiazole rings is 1. The summed E-state index contributed by atoms with van der Waals surface area (Å²) in [5, 5.41) is 11.4. The zero-order valence-electron chi connectivity index (χ0n) is 10.9. The molecule has 2 aromatic rings. The minimum Gasteiger partial charge on any atom is -0.480 e. The molecule has 7 nitrogen and oxygen atoms in total. The lowest BCUT2D eigenvalue weighted by Gasteiger charge is -2.13. The Hall–Kier alpha value is -2.48. The molecule has 8 heteroatoms. The van der Waals surface area contributed by atoms with Crippen LogP contribution in [-0.2, 0) is 9.59 Å². The van der Waals surface area contributed by atoms with Crippen LogP contribution in [0.15, 0.2) is 23.7 Å². The van der Waals surface area contributed by atoms with E-state index in [9.17, 15) is 14.4 Å². The van der Waals surface area contributed by atoms with E-state index in [-0.39, 0.29) is 12.8 Å². The maximum absolute atomic E-state index is 12.1. The first-order valence-electron chi connectivity index (χ1n) is 6.12. The number of fused-ring (bicyclic) bond motifs is 1. The molecular weight excluding hydrogens is 294 g/mol. The van der Waals surface area contributed by atoms with Crippen molar-refractivity contribution in [3.05, 3.63) is 29.3 Å². The number of benzene rings is 1. The standard InChI is InChI=1S/C13H13N3O4S/c14-11(17)4-3-9(13(19)20)16-12(18)7-1-2-8-10(5-7)21-6-15-8/h1-2,5-6,9H,3-4H2,(H2,14,17)(H,16,18)(H,19,20)/t9-/m1/s1. The fourth-order valence-corrected chi connectivity index (χ4v) is 2.50. The van der Waals surface area contributed by atoms with Crippen LogP contribution >= 0.6 is 11.3 Å². The van der Waals surface area contributed by atoms with E-state index in [1.165, 1.54) is 11.3 Å². The molecule has 1 heterocycles. The third kappa shape index (κ3) is 3.76. The number of carboxylic acids is 1. The summed E-state index contributed by atoms with van der Waals surface area (Å²) >= 11 is 1.39. The summed E-state index contributed by atoms with van der Waals surface area (Å²) < 4.78 is 0.840. The van der Waals surface area contributed by atoms with E-state index in [0.29, 0.717) is 5.56 Å². The second-order valence-electron chi connectivity index (χ2n) is 4.40. The Morgan fingerprint density at radius 3 is 2.81 bits per heavy atom. The smallest absolute Gasteiger partial charge is 0.326 e. The number of nitrogens with two attached hydrogens (primary N) is 1. The number of amides is 2. The summed E-state index contributed by atoms with van der Waals surface area (Å²) in [7, 11) is 0. The van der Waals surface area contributed by atoms with E-state index >= 15 is 0 Å². The lowest BCUT2D eigenvalue weighted by molar-refractivity contribution is -0.139. The number of nitrogens with one attached hydrogen (secondary N) is 1. The Balaban J connectivity index is 2.10. The molecule has 0 bridgehead atoms. The zero-order chi connectivity index (χ0) is 15.4. The van der Waals surface area contributed by atoms with Crippen LogP contribution in [0.5, 0.6) is 0 Å². The number of aliphatic carboxylic acids is 1. The van der Waals surface area contributed by atoms with Gasteiger partial charge in [0, 0.05) is 12.0 Å². The second kappa shape index (κ2) is 6.31. The molecule has 0 saturated carbocycles. The highest BCUT2D eigenvalue weighted by Gasteiger charge is 2.21. The fourth-order valence-electron chi connectivity index (χ4n) is 1.78. The van der Waals surface area contributed by atoms with Gasteiger partial charge in [0.1, 0.15) is 6.04 Å². The lowest BCUT2D eigenvalue weighted by atomic mass is 10.1. The van der Waals surface area contributed by atoms with Crippen molar-refractivity contribution < 1.29 is 19.5 Å². The molecule has 0 radical (unpaired) electrons. The van der Waals surface area contributed by atoms with Crippen LogP contribution < -0.4 is 11.1 Å². The Morgan fingerprint density at radius 1 is 1.38 bits per heavy atom. The highest BCUT2D eigenvalue weighted by Crippen LogP contribution is 2.19. The van der Waals surface area contributed by atoms with Gasteiger partial charge in [-0.3, -0.25) is 9.59 Å². The van der Waals surface area contributed by atoms with Crippen molar-refractivity contribution in [1.29, 1.82) is 0 Å². The van der Waals surface area contributed by atoms with E-state index in [4.69, 9.17) is 10.8 Å². The van der Waals surface area contributed by atoms with Crippen molar-refractivity contribution in [2.45, 2.75) is 18.9 Å². The monoisotopic (exact) mass is 307 g/mol. The van der Waals surface area contributed by atoms with E-state index < -0.39 is 23.8 Å². The molecule has 21 heavy (non-hydrogen) atoms. The van der Waals surface area contributed by atoms with Gasteiger partial charge in [-0.1, -0.05) is 0 Å². The van der Waals surface area contributed by atoms with Crippen molar-refractivity contribution in [2.24, 2.45) is 5.73 Å². The average Bonchev–Trinajstić information content (AvgIpc) is 2.89. The van der Waals surface area contributed by atoms with Gasteiger partial charge in [0.2, 0.25) is 5.91 Å². The number of rotatable bonds is 6. The first-order chi connectivity index (χ1) is 9.97. The molecule has 1 atom stereocenters. The number of carboxylic acid groups (broad SMARTS) is 1. The number of hydrogen-bond acceptors (Lipinski definition) is 5. The average molecular weight is 307 g/mol. The summed E-state index contributed by atoms with van der Waals surface area (Å²) in [5.41, 5.74) is 7.77. The Morgan fingerprint density at radius 2 is 2.14 bits per heavy atom. The molecule has 1 aromatic carbocycles. The van der Waals surface area contributed by atoms with Crippen LogP contribution in [0, 0.1) is 0 Å². The molecule has 0 aliphatic heterocycles. The molecule has 4 N–H and O–H groups in total. The van der Waals surface area contributed by atoms with Crippen molar-refractivity contribution in [1.82, 2.24) is 10.3 Å². The predicted molar refractivity (Wildman–Crippen MR) is 76.9 cm³/mol. The summed E-state index contributed by atoms with van der Waals surface area (Å²) in [5.74, 6) is -2.33. The zero-order valence-corrected chi connectivity index (χ0v) is 11.7. The van der Waals surface area contributed by atoms with Gasteiger partial charge in [-0.15, -0.1) is 11.3 Å². The van der Waals surface area contributed by atoms with Gasteiger partial charge in [0.15, 0.2) is 0 Å². The van der Waals surface area contributed by atoms with E-state index in [2.05, 4.69) is 10.3 Å². The van der Waals surface area contributed by atoms with E-state index in [1.807, 2.05) is 0 Å². The molecule has 2 amide bonds. The number of carbonyl (C=O) groups excluding carboxylic acids is 2. The largest absolute Gasteiger partial charge is 0.480 e. The number of primary amides is 1. The quantitative estimate of drug-likeness (QED) is 0.726. The first kappa shape index (κ1) is 14.9. The van der Waals surface area contributed by atoms with Crippen LogP contribution in [0.1, 0.15) is 23.2 Å². The normalized spacial score (nSPS) is 12.0.